The summed E-state index contributed by atoms with van der Waals surface area (Å²) in [6, 6.07) is 0.576. The van der Waals surface area contributed by atoms with Crippen molar-refractivity contribution in [2.45, 2.75) is 50.8 Å². The van der Waals surface area contributed by atoms with Crippen molar-refractivity contribution >= 4 is 0 Å². The molecular weight excluding hydrogens is 254 g/mol. The lowest BCUT2D eigenvalue weighted by Crippen LogP contribution is -2.50. The summed E-state index contributed by atoms with van der Waals surface area (Å²) in [7, 11) is 2.20. The molecule has 112 valence electrons. The van der Waals surface area contributed by atoms with Gasteiger partial charge in [0.15, 0.2) is 0 Å². The Morgan fingerprint density at radius 3 is 2.90 bits per heavy atom. The number of rotatable bonds is 3. The molecule has 2 aliphatic heterocycles. The Morgan fingerprint density at radius 1 is 1.40 bits per heavy atom. The first-order valence-corrected chi connectivity index (χ1v) is 7.59. The molecule has 5 nitrogen and oxygen atoms in total. The van der Waals surface area contributed by atoms with Crippen molar-refractivity contribution in [2.24, 2.45) is 0 Å². The maximum absolute atomic E-state index is 6.11. The number of H-pyrrole nitrogens is 1. The minimum atomic E-state index is 0.0640. The summed E-state index contributed by atoms with van der Waals surface area (Å²) in [5.41, 5.74) is 1.19. The van der Waals surface area contributed by atoms with Crippen molar-refractivity contribution in [3.63, 3.8) is 0 Å². The van der Waals surface area contributed by atoms with Gasteiger partial charge in [-0.15, -0.1) is 0 Å². The van der Waals surface area contributed by atoms with Crippen LogP contribution < -0.4 is 0 Å². The highest BCUT2D eigenvalue weighted by atomic mass is 16.5. The Kier molecular flexibility index (Phi) is 4.10. The summed E-state index contributed by atoms with van der Waals surface area (Å²) < 4.78 is 11.6. The summed E-state index contributed by atoms with van der Waals surface area (Å²) in [4.78, 5) is 10.1. The molecule has 0 radical (unpaired) electrons. The molecule has 0 aliphatic carbocycles. The van der Waals surface area contributed by atoms with Crippen molar-refractivity contribution in [2.75, 3.05) is 26.9 Å². The third kappa shape index (κ3) is 3.05. The molecule has 1 aromatic heterocycles. The van der Waals surface area contributed by atoms with Gasteiger partial charge in [-0.2, -0.15) is 0 Å². The maximum Gasteiger partial charge on any atom is 0.120 e. The fourth-order valence-corrected chi connectivity index (χ4v) is 3.38. The molecule has 3 rings (SSSR count). The van der Waals surface area contributed by atoms with Crippen LogP contribution in [0.5, 0.6) is 0 Å². The highest BCUT2D eigenvalue weighted by Crippen LogP contribution is 2.35. The number of ether oxygens (including phenoxy) is 2. The molecule has 5 heteroatoms. The lowest BCUT2D eigenvalue weighted by molar-refractivity contribution is -0.150. The van der Waals surface area contributed by atoms with E-state index in [9.17, 15) is 0 Å². The summed E-state index contributed by atoms with van der Waals surface area (Å²) in [5, 5.41) is 0. The second-order valence-electron chi connectivity index (χ2n) is 6.22. The molecule has 1 unspecified atom stereocenters. The van der Waals surface area contributed by atoms with Crippen LogP contribution in [0.1, 0.15) is 37.2 Å². The highest BCUT2D eigenvalue weighted by molar-refractivity contribution is 4.99. The zero-order valence-corrected chi connectivity index (χ0v) is 12.5. The molecule has 2 aliphatic rings. The van der Waals surface area contributed by atoms with Crippen molar-refractivity contribution < 1.29 is 9.47 Å². The second kappa shape index (κ2) is 5.84. The van der Waals surface area contributed by atoms with Crippen LogP contribution in [-0.2, 0) is 16.0 Å². The van der Waals surface area contributed by atoms with E-state index in [2.05, 4.69) is 21.9 Å². The van der Waals surface area contributed by atoms with Gasteiger partial charge in [-0.1, -0.05) is 0 Å². The van der Waals surface area contributed by atoms with E-state index in [1.807, 2.05) is 13.1 Å². The molecule has 1 spiro atoms. The van der Waals surface area contributed by atoms with Gasteiger partial charge in [0.1, 0.15) is 5.82 Å². The van der Waals surface area contributed by atoms with Crippen LogP contribution >= 0.6 is 0 Å². The van der Waals surface area contributed by atoms with Gasteiger partial charge in [0.05, 0.1) is 12.1 Å². The average Bonchev–Trinajstić information content (AvgIpc) is 2.85. The van der Waals surface area contributed by atoms with Crippen LogP contribution in [0.4, 0.5) is 0 Å². The van der Waals surface area contributed by atoms with Crippen LogP contribution in [0.2, 0.25) is 0 Å². The van der Waals surface area contributed by atoms with E-state index in [0.717, 1.165) is 63.6 Å². The maximum atomic E-state index is 6.11. The number of hydrogen-bond acceptors (Lipinski definition) is 4. The van der Waals surface area contributed by atoms with E-state index >= 15 is 0 Å². The fourth-order valence-electron chi connectivity index (χ4n) is 3.38. The molecular formula is C15H25N3O2. The minimum Gasteiger partial charge on any atom is -0.381 e. The fraction of sp³-hybridized carbons (Fsp3) is 0.800. The van der Waals surface area contributed by atoms with Crippen LogP contribution in [-0.4, -0.2) is 53.4 Å². The van der Waals surface area contributed by atoms with Crippen LogP contribution in [0.25, 0.3) is 0 Å². The molecule has 0 saturated carbocycles. The lowest BCUT2D eigenvalue weighted by Gasteiger charge is -2.45. The molecule has 1 atom stereocenters. The van der Waals surface area contributed by atoms with Crippen molar-refractivity contribution in [1.29, 1.82) is 0 Å². The molecule has 20 heavy (non-hydrogen) atoms. The number of hydrogen-bond donors (Lipinski definition) is 1. The summed E-state index contributed by atoms with van der Waals surface area (Å²) in [6.45, 7) is 5.47. The Bertz CT molecular complexity index is 435. The number of nitrogens with zero attached hydrogens (tertiary/aromatic N) is 2. The van der Waals surface area contributed by atoms with E-state index < -0.39 is 0 Å². The molecule has 1 N–H and O–H groups in total. The molecule has 0 bridgehead atoms. The Hall–Kier alpha value is -0.910. The van der Waals surface area contributed by atoms with E-state index in [-0.39, 0.29) is 5.60 Å². The first-order chi connectivity index (χ1) is 9.67. The quantitative estimate of drug-likeness (QED) is 0.918. The van der Waals surface area contributed by atoms with E-state index in [1.165, 1.54) is 0 Å². The zero-order chi connectivity index (χ0) is 14.0. The standard InChI is InChI=1S/C15H25N3O2/c1-12-10-16-14(17-12)11-18(2)13-3-6-20-15(9-13)4-7-19-8-5-15/h10,13H,3-9,11H2,1-2H3,(H,16,17). The third-order valence-electron chi connectivity index (χ3n) is 4.65. The molecule has 0 amide bonds. The molecule has 3 heterocycles. The number of aromatic nitrogens is 2. The van der Waals surface area contributed by atoms with Gasteiger partial charge in [0.2, 0.25) is 0 Å². The topological polar surface area (TPSA) is 50.4 Å². The highest BCUT2D eigenvalue weighted by Gasteiger charge is 2.40. The van der Waals surface area contributed by atoms with Gasteiger partial charge < -0.3 is 14.5 Å². The summed E-state index contributed by atoms with van der Waals surface area (Å²) in [6.07, 6.45) is 6.20. The predicted octanol–water partition coefficient (Wildman–Crippen LogP) is 1.88. The van der Waals surface area contributed by atoms with Crippen molar-refractivity contribution in [3.05, 3.63) is 17.7 Å². The Balaban J connectivity index is 1.61. The monoisotopic (exact) mass is 279 g/mol. The number of aryl methyl sites for hydroxylation is 1. The van der Waals surface area contributed by atoms with Gasteiger partial charge in [0, 0.05) is 37.8 Å². The van der Waals surface area contributed by atoms with E-state index in [1.54, 1.807) is 0 Å². The lowest BCUT2D eigenvalue weighted by atomic mass is 9.83. The van der Waals surface area contributed by atoms with Crippen molar-refractivity contribution in [1.82, 2.24) is 14.9 Å². The van der Waals surface area contributed by atoms with Crippen LogP contribution in [0.3, 0.4) is 0 Å². The normalized spacial score (nSPS) is 26.2. The van der Waals surface area contributed by atoms with Crippen molar-refractivity contribution in [3.8, 4) is 0 Å². The first kappa shape index (κ1) is 14.0. The minimum absolute atomic E-state index is 0.0640. The SMILES string of the molecule is Cc1cnc(CN(C)C2CCOC3(CCOCC3)C2)[nH]1. The summed E-state index contributed by atoms with van der Waals surface area (Å²) in [5.74, 6) is 1.05. The number of aromatic amines is 1. The molecule has 2 fully saturated rings. The van der Waals surface area contributed by atoms with Gasteiger partial charge in [-0.3, -0.25) is 4.90 Å². The Morgan fingerprint density at radius 2 is 2.20 bits per heavy atom. The molecule has 0 aromatic carbocycles. The van der Waals surface area contributed by atoms with E-state index in [4.69, 9.17) is 9.47 Å². The van der Waals surface area contributed by atoms with E-state index in [0.29, 0.717) is 6.04 Å². The van der Waals surface area contributed by atoms with Crippen LogP contribution in [0.15, 0.2) is 6.20 Å². The number of nitrogens with one attached hydrogen (secondary N) is 1. The van der Waals surface area contributed by atoms with Gasteiger partial charge >= 0.3 is 0 Å². The summed E-state index contributed by atoms with van der Waals surface area (Å²) >= 11 is 0. The predicted molar refractivity (Wildman–Crippen MR) is 76.5 cm³/mol. The molecule has 1 aromatic rings. The first-order valence-electron chi connectivity index (χ1n) is 7.59. The third-order valence-corrected chi connectivity index (χ3v) is 4.65. The van der Waals surface area contributed by atoms with Gasteiger partial charge in [0.25, 0.3) is 0 Å². The zero-order valence-electron chi connectivity index (χ0n) is 12.5. The second-order valence-corrected chi connectivity index (χ2v) is 6.22. The Labute approximate surface area is 120 Å². The number of imidazole rings is 1. The largest absolute Gasteiger partial charge is 0.381 e. The van der Waals surface area contributed by atoms with Crippen LogP contribution in [0, 0.1) is 6.92 Å². The van der Waals surface area contributed by atoms with Gasteiger partial charge in [-0.25, -0.2) is 4.98 Å². The van der Waals surface area contributed by atoms with Gasteiger partial charge in [-0.05, 0) is 39.7 Å². The average molecular weight is 279 g/mol. The smallest absolute Gasteiger partial charge is 0.120 e. The molecule has 2 saturated heterocycles.